The maximum atomic E-state index is 12.4. The Morgan fingerprint density at radius 1 is 1.00 bits per heavy atom. The lowest BCUT2D eigenvalue weighted by Crippen LogP contribution is -2.31. The van der Waals surface area contributed by atoms with Crippen LogP contribution in [0.25, 0.3) is 11.0 Å². The summed E-state index contributed by atoms with van der Waals surface area (Å²) in [6, 6.07) is 4.10. The third-order valence-electron chi connectivity index (χ3n) is 4.21. The van der Waals surface area contributed by atoms with E-state index in [9.17, 15) is 9.59 Å². The van der Waals surface area contributed by atoms with Crippen LogP contribution in [0.2, 0.25) is 0 Å². The van der Waals surface area contributed by atoms with Gasteiger partial charge in [0.2, 0.25) is 11.8 Å². The molecule has 1 atom stereocenters. The van der Waals surface area contributed by atoms with Gasteiger partial charge in [0, 0.05) is 23.1 Å². The molecule has 0 aliphatic heterocycles. The maximum absolute atomic E-state index is 12.4. The maximum Gasteiger partial charge on any atom is 0.336 e. The van der Waals surface area contributed by atoms with Gasteiger partial charge >= 0.3 is 11.7 Å². The van der Waals surface area contributed by atoms with Crippen LogP contribution in [-0.2, 0) is 0 Å². The smallest absolute Gasteiger partial charge is 0.336 e. The second-order valence-corrected chi connectivity index (χ2v) is 6.87. The van der Waals surface area contributed by atoms with Gasteiger partial charge in [-0.05, 0) is 44.0 Å². The van der Waals surface area contributed by atoms with E-state index in [0.29, 0.717) is 23.1 Å². The number of nitrogens with one attached hydrogen (secondary N) is 2. The van der Waals surface area contributed by atoms with E-state index in [1.54, 1.807) is 19.1 Å². The number of urea groups is 1. The number of rotatable bonds is 4. The standard InChI is InChI=1S/C19H22N4O4/c1-9(2)17-22-23-18(27-17)12(5)20-19(25)21-14-8-13-10(3)7-16(24)26-15(13)6-11(14)4/h6-9,12H,1-5H3,(H2,20,21,25)/t12-/m1/s1. The number of amides is 2. The molecule has 0 bridgehead atoms. The van der Waals surface area contributed by atoms with Crippen LogP contribution in [0.3, 0.4) is 0 Å². The zero-order valence-electron chi connectivity index (χ0n) is 15.9. The quantitative estimate of drug-likeness (QED) is 0.676. The number of hydrogen-bond donors (Lipinski definition) is 2. The van der Waals surface area contributed by atoms with Crippen molar-refractivity contribution >= 4 is 22.7 Å². The van der Waals surface area contributed by atoms with Crippen molar-refractivity contribution in [2.24, 2.45) is 0 Å². The first-order valence-corrected chi connectivity index (χ1v) is 8.70. The molecule has 2 N–H and O–H groups in total. The highest BCUT2D eigenvalue weighted by Crippen LogP contribution is 2.25. The molecule has 3 aromatic rings. The normalized spacial score (nSPS) is 12.4. The van der Waals surface area contributed by atoms with Gasteiger partial charge < -0.3 is 19.5 Å². The van der Waals surface area contributed by atoms with Gasteiger partial charge in [0.25, 0.3) is 0 Å². The topological polar surface area (TPSA) is 110 Å². The Hall–Kier alpha value is -3.16. The predicted octanol–water partition coefficient (Wildman–Crippen LogP) is 3.80. The third kappa shape index (κ3) is 3.99. The highest BCUT2D eigenvalue weighted by atomic mass is 16.4. The van der Waals surface area contributed by atoms with E-state index in [2.05, 4.69) is 20.8 Å². The highest BCUT2D eigenvalue weighted by Gasteiger charge is 2.18. The van der Waals surface area contributed by atoms with E-state index in [4.69, 9.17) is 8.83 Å². The Labute approximate surface area is 156 Å². The summed E-state index contributed by atoms with van der Waals surface area (Å²) in [7, 11) is 0. The molecule has 2 amide bonds. The van der Waals surface area contributed by atoms with Gasteiger partial charge in [0.05, 0.1) is 0 Å². The van der Waals surface area contributed by atoms with Gasteiger partial charge in [-0.1, -0.05) is 13.8 Å². The number of aryl methyl sites for hydroxylation is 2. The molecular weight excluding hydrogens is 348 g/mol. The molecule has 0 spiro atoms. The number of aromatic nitrogens is 2. The van der Waals surface area contributed by atoms with E-state index in [1.807, 2.05) is 27.7 Å². The minimum atomic E-state index is -0.439. The van der Waals surface area contributed by atoms with Crippen LogP contribution < -0.4 is 16.3 Å². The first-order valence-electron chi connectivity index (χ1n) is 8.70. The van der Waals surface area contributed by atoms with Crippen LogP contribution in [0.1, 0.15) is 55.6 Å². The van der Waals surface area contributed by atoms with E-state index in [1.165, 1.54) is 6.07 Å². The number of anilines is 1. The van der Waals surface area contributed by atoms with Crippen molar-refractivity contribution in [2.75, 3.05) is 5.32 Å². The van der Waals surface area contributed by atoms with Crippen LogP contribution >= 0.6 is 0 Å². The summed E-state index contributed by atoms with van der Waals surface area (Å²) in [6.45, 7) is 9.32. The zero-order chi connectivity index (χ0) is 19.7. The van der Waals surface area contributed by atoms with Crippen LogP contribution in [0.15, 0.2) is 31.8 Å². The molecule has 1 aromatic carbocycles. The molecule has 8 heteroatoms. The Balaban J connectivity index is 1.77. The van der Waals surface area contributed by atoms with Crippen LogP contribution in [0.4, 0.5) is 10.5 Å². The summed E-state index contributed by atoms with van der Waals surface area (Å²) in [5, 5.41) is 14.3. The fourth-order valence-electron chi connectivity index (χ4n) is 2.67. The third-order valence-corrected chi connectivity index (χ3v) is 4.21. The molecule has 0 unspecified atom stereocenters. The minimum absolute atomic E-state index is 0.121. The van der Waals surface area contributed by atoms with Gasteiger partial charge in [0.1, 0.15) is 11.6 Å². The Morgan fingerprint density at radius 2 is 1.70 bits per heavy atom. The molecule has 2 heterocycles. The Kier molecular flexibility index (Phi) is 4.98. The molecule has 0 saturated heterocycles. The van der Waals surface area contributed by atoms with Crippen molar-refractivity contribution in [3.63, 3.8) is 0 Å². The van der Waals surface area contributed by atoms with E-state index in [-0.39, 0.29) is 5.92 Å². The number of nitrogens with zero attached hydrogens (tertiary/aromatic N) is 2. The van der Waals surface area contributed by atoms with Crippen molar-refractivity contribution in [1.82, 2.24) is 15.5 Å². The zero-order valence-corrected chi connectivity index (χ0v) is 15.9. The largest absolute Gasteiger partial charge is 0.423 e. The van der Waals surface area contributed by atoms with Crippen LogP contribution in [0, 0.1) is 13.8 Å². The van der Waals surface area contributed by atoms with Gasteiger partial charge in [-0.15, -0.1) is 10.2 Å². The van der Waals surface area contributed by atoms with E-state index < -0.39 is 17.7 Å². The molecular formula is C19H22N4O4. The number of fused-ring (bicyclic) bond motifs is 1. The minimum Gasteiger partial charge on any atom is -0.423 e. The molecule has 0 fully saturated rings. The summed E-state index contributed by atoms with van der Waals surface area (Å²) in [6.07, 6.45) is 0. The van der Waals surface area contributed by atoms with E-state index in [0.717, 1.165) is 16.5 Å². The number of hydrogen-bond acceptors (Lipinski definition) is 6. The lowest BCUT2D eigenvalue weighted by molar-refractivity contribution is 0.246. The number of carbonyl (C=O) groups is 1. The van der Waals surface area contributed by atoms with Crippen molar-refractivity contribution in [3.05, 3.63) is 51.5 Å². The van der Waals surface area contributed by atoms with Crippen molar-refractivity contribution in [1.29, 1.82) is 0 Å². The van der Waals surface area contributed by atoms with E-state index >= 15 is 0 Å². The predicted molar refractivity (Wildman–Crippen MR) is 101 cm³/mol. The molecule has 142 valence electrons. The second-order valence-electron chi connectivity index (χ2n) is 6.87. The highest BCUT2D eigenvalue weighted by molar-refractivity contribution is 5.94. The molecule has 0 aliphatic carbocycles. The first kappa shape index (κ1) is 18.6. The summed E-state index contributed by atoms with van der Waals surface area (Å²) in [5.74, 6) is 0.999. The van der Waals surface area contributed by atoms with Gasteiger partial charge in [-0.2, -0.15) is 0 Å². The SMILES string of the molecule is Cc1cc2oc(=O)cc(C)c2cc1NC(=O)N[C@H](C)c1nnc(C(C)C)o1. The Bertz CT molecular complexity index is 1050. The van der Waals surface area contributed by atoms with Crippen molar-refractivity contribution < 1.29 is 13.6 Å². The Morgan fingerprint density at radius 3 is 2.37 bits per heavy atom. The molecule has 0 radical (unpaired) electrons. The molecule has 3 rings (SSSR count). The lowest BCUT2D eigenvalue weighted by atomic mass is 10.1. The number of benzene rings is 1. The summed E-state index contributed by atoms with van der Waals surface area (Å²) >= 11 is 0. The van der Waals surface area contributed by atoms with Crippen molar-refractivity contribution in [2.45, 2.75) is 46.6 Å². The van der Waals surface area contributed by atoms with Gasteiger partial charge in [-0.25, -0.2) is 9.59 Å². The fraction of sp³-hybridized carbons (Fsp3) is 0.368. The average Bonchev–Trinajstić information content (AvgIpc) is 3.06. The average molecular weight is 370 g/mol. The monoisotopic (exact) mass is 370 g/mol. The lowest BCUT2D eigenvalue weighted by Gasteiger charge is -2.14. The summed E-state index contributed by atoms with van der Waals surface area (Å²) in [4.78, 5) is 23.9. The first-order chi connectivity index (χ1) is 12.7. The molecule has 27 heavy (non-hydrogen) atoms. The van der Waals surface area contributed by atoms with Crippen molar-refractivity contribution in [3.8, 4) is 0 Å². The molecule has 8 nitrogen and oxygen atoms in total. The molecule has 0 saturated carbocycles. The van der Waals surface area contributed by atoms with Crippen LogP contribution in [-0.4, -0.2) is 16.2 Å². The summed E-state index contributed by atoms with van der Waals surface area (Å²) in [5.41, 5.74) is 2.28. The fourth-order valence-corrected chi connectivity index (χ4v) is 2.67. The van der Waals surface area contributed by atoms with Crippen LogP contribution in [0.5, 0.6) is 0 Å². The molecule has 0 aliphatic rings. The number of carbonyl (C=O) groups excluding carboxylic acids is 1. The second kappa shape index (κ2) is 7.22. The van der Waals surface area contributed by atoms with Gasteiger partial charge in [-0.3, -0.25) is 0 Å². The molecule has 2 aromatic heterocycles. The van der Waals surface area contributed by atoms with Gasteiger partial charge in [0.15, 0.2) is 0 Å². The summed E-state index contributed by atoms with van der Waals surface area (Å²) < 4.78 is 10.8.